The van der Waals surface area contributed by atoms with E-state index in [1.165, 1.54) is 11.1 Å². The van der Waals surface area contributed by atoms with Gasteiger partial charge in [-0.05, 0) is 42.9 Å². The molecule has 1 aromatic heterocycles. The first kappa shape index (κ1) is 19.4. The van der Waals surface area contributed by atoms with Gasteiger partial charge in [0.1, 0.15) is 0 Å². The second-order valence-corrected chi connectivity index (χ2v) is 7.79. The summed E-state index contributed by atoms with van der Waals surface area (Å²) in [7, 11) is 0. The fourth-order valence-electron chi connectivity index (χ4n) is 3.56. The van der Waals surface area contributed by atoms with Gasteiger partial charge in [0.15, 0.2) is 5.76 Å². The van der Waals surface area contributed by atoms with E-state index >= 15 is 0 Å². The largest absolute Gasteiger partial charge is 0.360 e. The highest BCUT2D eigenvalue weighted by molar-refractivity contribution is 5.74. The summed E-state index contributed by atoms with van der Waals surface area (Å²) in [5.41, 5.74) is 2.73. The Morgan fingerprint density at radius 2 is 2.04 bits per heavy atom. The summed E-state index contributed by atoms with van der Waals surface area (Å²) in [6.45, 7) is 7.73. The van der Waals surface area contributed by atoms with Crippen LogP contribution in [0.25, 0.3) is 0 Å². The van der Waals surface area contributed by atoms with Crippen molar-refractivity contribution >= 4 is 6.03 Å². The Hall–Kier alpha value is -2.34. The molecule has 2 N–H and O–H groups in total. The first-order chi connectivity index (χ1) is 13.1. The third-order valence-corrected chi connectivity index (χ3v) is 4.83. The predicted molar refractivity (Wildman–Crippen MR) is 105 cm³/mol. The number of hydrogen-bond acceptors (Lipinski definition) is 4. The molecule has 0 aliphatic carbocycles. The standard InChI is InChI=1S/C21H30N4O2/c1-16(2)12-17-5-7-18(8-6-17)14-25-11-3-4-19(15-25)24-21(26)22-13-20-9-10-23-27-20/h5-10,16,19H,3-4,11-15H2,1-2H3,(H2,22,24,26). The Kier molecular flexibility index (Phi) is 6.87. The normalized spacial score (nSPS) is 17.8. The maximum absolute atomic E-state index is 12.1. The molecule has 1 atom stereocenters. The molecule has 0 saturated carbocycles. The van der Waals surface area contributed by atoms with Crippen molar-refractivity contribution < 1.29 is 9.32 Å². The van der Waals surface area contributed by atoms with Crippen LogP contribution in [0, 0.1) is 5.92 Å². The second-order valence-electron chi connectivity index (χ2n) is 7.79. The number of amides is 2. The van der Waals surface area contributed by atoms with E-state index in [9.17, 15) is 4.79 Å². The van der Waals surface area contributed by atoms with E-state index in [4.69, 9.17) is 4.52 Å². The average Bonchev–Trinajstić information content (AvgIpc) is 3.15. The van der Waals surface area contributed by atoms with Gasteiger partial charge in [-0.15, -0.1) is 0 Å². The number of benzene rings is 1. The molecule has 146 valence electrons. The monoisotopic (exact) mass is 370 g/mol. The molecule has 2 heterocycles. The van der Waals surface area contributed by atoms with Crippen molar-refractivity contribution in [3.05, 3.63) is 53.4 Å². The second kappa shape index (κ2) is 9.55. The highest BCUT2D eigenvalue weighted by atomic mass is 16.5. The zero-order valence-corrected chi connectivity index (χ0v) is 16.3. The van der Waals surface area contributed by atoms with Crippen LogP contribution in [0.4, 0.5) is 4.79 Å². The third-order valence-electron chi connectivity index (χ3n) is 4.83. The Morgan fingerprint density at radius 3 is 2.74 bits per heavy atom. The van der Waals surface area contributed by atoms with Crippen LogP contribution in [0.2, 0.25) is 0 Å². The third kappa shape index (κ3) is 6.40. The fraction of sp³-hybridized carbons (Fsp3) is 0.524. The van der Waals surface area contributed by atoms with Crippen LogP contribution < -0.4 is 10.6 Å². The number of carbonyl (C=O) groups excluding carboxylic acids is 1. The van der Waals surface area contributed by atoms with Gasteiger partial charge < -0.3 is 15.2 Å². The Bertz CT molecular complexity index is 697. The predicted octanol–water partition coefficient (Wildman–Crippen LogP) is 3.34. The quantitative estimate of drug-likeness (QED) is 0.784. The first-order valence-corrected chi connectivity index (χ1v) is 9.82. The van der Waals surface area contributed by atoms with E-state index in [-0.39, 0.29) is 12.1 Å². The zero-order chi connectivity index (χ0) is 19.1. The van der Waals surface area contributed by atoms with E-state index in [1.807, 2.05) is 0 Å². The van der Waals surface area contributed by atoms with E-state index in [1.54, 1.807) is 12.3 Å². The minimum absolute atomic E-state index is 0.156. The summed E-state index contributed by atoms with van der Waals surface area (Å²) >= 11 is 0. The van der Waals surface area contributed by atoms with E-state index < -0.39 is 0 Å². The SMILES string of the molecule is CC(C)Cc1ccc(CN2CCCC(NC(=O)NCc3ccno3)C2)cc1. The van der Waals surface area contributed by atoms with Gasteiger partial charge in [-0.1, -0.05) is 43.3 Å². The maximum atomic E-state index is 12.1. The van der Waals surface area contributed by atoms with Gasteiger partial charge in [-0.3, -0.25) is 4.90 Å². The molecule has 2 amide bonds. The van der Waals surface area contributed by atoms with Crippen molar-refractivity contribution in [1.29, 1.82) is 0 Å². The minimum Gasteiger partial charge on any atom is -0.360 e. The lowest BCUT2D eigenvalue weighted by Crippen LogP contribution is -2.50. The van der Waals surface area contributed by atoms with Gasteiger partial charge in [-0.2, -0.15) is 0 Å². The van der Waals surface area contributed by atoms with Gasteiger partial charge in [0, 0.05) is 25.2 Å². The van der Waals surface area contributed by atoms with Gasteiger partial charge in [0.2, 0.25) is 0 Å². The van der Waals surface area contributed by atoms with Crippen LogP contribution in [-0.4, -0.2) is 35.2 Å². The lowest BCUT2D eigenvalue weighted by atomic mass is 10.0. The molecule has 1 fully saturated rings. The molecule has 6 heteroatoms. The van der Waals surface area contributed by atoms with Gasteiger partial charge >= 0.3 is 6.03 Å². The number of likely N-dealkylation sites (tertiary alicyclic amines) is 1. The Morgan fingerprint density at radius 1 is 1.26 bits per heavy atom. The number of nitrogens with zero attached hydrogens (tertiary/aromatic N) is 2. The van der Waals surface area contributed by atoms with E-state index in [0.29, 0.717) is 18.2 Å². The molecule has 27 heavy (non-hydrogen) atoms. The zero-order valence-electron chi connectivity index (χ0n) is 16.3. The lowest BCUT2D eigenvalue weighted by molar-refractivity contribution is 0.180. The average molecular weight is 370 g/mol. The van der Waals surface area contributed by atoms with Gasteiger partial charge in [0.25, 0.3) is 0 Å². The summed E-state index contributed by atoms with van der Waals surface area (Å²) in [5.74, 6) is 1.33. The molecular formula is C21H30N4O2. The molecule has 0 radical (unpaired) electrons. The molecule has 1 saturated heterocycles. The summed E-state index contributed by atoms with van der Waals surface area (Å²) in [6, 6.07) is 10.7. The van der Waals surface area contributed by atoms with Gasteiger partial charge in [0.05, 0.1) is 12.7 Å². The van der Waals surface area contributed by atoms with Crippen LogP contribution >= 0.6 is 0 Å². The van der Waals surface area contributed by atoms with Crippen molar-refractivity contribution in [3.8, 4) is 0 Å². The number of nitrogens with one attached hydrogen (secondary N) is 2. The molecule has 2 aromatic rings. The van der Waals surface area contributed by atoms with Crippen LogP contribution in [0.1, 0.15) is 43.6 Å². The highest BCUT2D eigenvalue weighted by Crippen LogP contribution is 2.15. The fourth-order valence-corrected chi connectivity index (χ4v) is 3.56. The smallest absolute Gasteiger partial charge is 0.315 e. The molecule has 1 aliphatic heterocycles. The summed E-state index contributed by atoms with van der Waals surface area (Å²) < 4.78 is 4.99. The number of urea groups is 1. The molecule has 0 bridgehead atoms. The molecule has 1 unspecified atom stereocenters. The van der Waals surface area contributed by atoms with Gasteiger partial charge in [-0.25, -0.2) is 4.79 Å². The maximum Gasteiger partial charge on any atom is 0.315 e. The van der Waals surface area contributed by atoms with E-state index in [0.717, 1.165) is 38.9 Å². The molecule has 0 spiro atoms. The Balaban J connectivity index is 1.43. The minimum atomic E-state index is -0.156. The number of rotatable bonds is 7. The molecule has 1 aliphatic rings. The van der Waals surface area contributed by atoms with Crippen molar-refractivity contribution in [2.45, 2.75) is 52.2 Å². The summed E-state index contributed by atoms with van der Waals surface area (Å²) in [4.78, 5) is 14.5. The van der Waals surface area contributed by atoms with Crippen molar-refractivity contribution in [3.63, 3.8) is 0 Å². The Labute approximate surface area is 161 Å². The number of hydrogen-bond donors (Lipinski definition) is 2. The summed E-state index contributed by atoms with van der Waals surface area (Å²) in [5, 5.41) is 9.52. The number of piperidine rings is 1. The topological polar surface area (TPSA) is 70.4 Å². The first-order valence-electron chi connectivity index (χ1n) is 9.82. The van der Waals surface area contributed by atoms with Crippen molar-refractivity contribution in [2.75, 3.05) is 13.1 Å². The van der Waals surface area contributed by atoms with Crippen LogP contribution in [0.3, 0.4) is 0 Å². The van der Waals surface area contributed by atoms with E-state index in [2.05, 4.69) is 58.8 Å². The molecule has 6 nitrogen and oxygen atoms in total. The van der Waals surface area contributed by atoms with Crippen LogP contribution in [0.15, 0.2) is 41.1 Å². The number of carbonyl (C=O) groups is 1. The highest BCUT2D eigenvalue weighted by Gasteiger charge is 2.21. The lowest BCUT2D eigenvalue weighted by Gasteiger charge is -2.33. The molecule has 3 rings (SSSR count). The van der Waals surface area contributed by atoms with Crippen LogP contribution in [0.5, 0.6) is 0 Å². The number of aromatic nitrogens is 1. The molecule has 1 aromatic carbocycles. The summed E-state index contributed by atoms with van der Waals surface area (Å²) in [6.07, 6.45) is 4.81. The van der Waals surface area contributed by atoms with Crippen molar-refractivity contribution in [1.82, 2.24) is 20.7 Å². The van der Waals surface area contributed by atoms with Crippen LogP contribution in [-0.2, 0) is 19.5 Å². The van der Waals surface area contributed by atoms with Crippen molar-refractivity contribution in [2.24, 2.45) is 5.92 Å². The molecular weight excluding hydrogens is 340 g/mol.